The van der Waals surface area contributed by atoms with Crippen LogP contribution in [0.1, 0.15) is 71.6 Å². The minimum Gasteiger partial charge on any atom is -0.311 e. The lowest BCUT2D eigenvalue weighted by molar-refractivity contribution is 0.0894. The molecule has 3 unspecified atom stereocenters. The van der Waals surface area contributed by atoms with E-state index < -0.39 is 0 Å². The Hall–Kier alpha value is -0.0400. The summed E-state index contributed by atoms with van der Waals surface area (Å²) in [5.74, 6) is 1.89. The molecule has 0 amide bonds. The second-order valence-electron chi connectivity index (χ2n) is 6.23. The van der Waals surface area contributed by atoms with Crippen molar-refractivity contribution in [1.82, 2.24) is 5.32 Å². The summed E-state index contributed by atoms with van der Waals surface area (Å²) in [7, 11) is 0. The lowest BCUT2D eigenvalue weighted by Gasteiger charge is -2.48. The summed E-state index contributed by atoms with van der Waals surface area (Å²) in [5.41, 5.74) is 0.555. The van der Waals surface area contributed by atoms with E-state index >= 15 is 0 Å². The van der Waals surface area contributed by atoms with E-state index in [1.807, 2.05) is 0 Å². The first kappa shape index (κ1) is 12.4. The molecule has 0 aromatic heterocycles. The molecule has 1 saturated carbocycles. The SMILES string of the molecule is CCC(C)CC1CCCCC12CCCCN2. The van der Waals surface area contributed by atoms with E-state index in [4.69, 9.17) is 0 Å². The van der Waals surface area contributed by atoms with Crippen LogP contribution < -0.4 is 5.32 Å². The minimum atomic E-state index is 0.555. The molecule has 1 aliphatic heterocycles. The Morgan fingerprint density at radius 1 is 1.19 bits per heavy atom. The van der Waals surface area contributed by atoms with Crippen molar-refractivity contribution >= 4 is 0 Å². The zero-order valence-electron chi connectivity index (χ0n) is 11.2. The Morgan fingerprint density at radius 2 is 1.94 bits per heavy atom. The van der Waals surface area contributed by atoms with Crippen molar-refractivity contribution in [3.63, 3.8) is 0 Å². The highest BCUT2D eigenvalue weighted by Gasteiger charge is 2.41. The molecule has 1 N–H and O–H groups in total. The van der Waals surface area contributed by atoms with E-state index in [-0.39, 0.29) is 0 Å². The Bertz CT molecular complexity index is 197. The number of hydrogen-bond acceptors (Lipinski definition) is 1. The van der Waals surface area contributed by atoms with Crippen LogP contribution >= 0.6 is 0 Å². The Balaban J connectivity index is 2.00. The molecule has 0 aromatic rings. The van der Waals surface area contributed by atoms with Crippen LogP contribution in [0.4, 0.5) is 0 Å². The molecular weight excluding hydrogens is 194 g/mol. The summed E-state index contributed by atoms with van der Waals surface area (Å²) in [6.45, 7) is 6.05. The molecule has 1 heterocycles. The summed E-state index contributed by atoms with van der Waals surface area (Å²) in [6.07, 6.45) is 13.0. The van der Waals surface area contributed by atoms with Gasteiger partial charge in [0.05, 0.1) is 0 Å². The summed E-state index contributed by atoms with van der Waals surface area (Å²) < 4.78 is 0. The van der Waals surface area contributed by atoms with Crippen LogP contribution in [-0.4, -0.2) is 12.1 Å². The third-order valence-corrected chi connectivity index (χ3v) is 5.12. The zero-order chi connectivity index (χ0) is 11.4. The van der Waals surface area contributed by atoms with Crippen molar-refractivity contribution in [1.29, 1.82) is 0 Å². The van der Waals surface area contributed by atoms with Gasteiger partial charge in [0, 0.05) is 5.54 Å². The van der Waals surface area contributed by atoms with Crippen molar-refractivity contribution in [2.24, 2.45) is 11.8 Å². The van der Waals surface area contributed by atoms with E-state index in [9.17, 15) is 0 Å². The molecule has 1 saturated heterocycles. The Morgan fingerprint density at radius 3 is 2.62 bits per heavy atom. The number of piperidine rings is 1. The maximum Gasteiger partial charge on any atom is 0.0209 e. The third-order valence-electron chi connectivity index (χ3n) is 5.12. The molecule has 1 heteroatoms. The van der Waals surface area contributed by atoms with Crippen LogP contribution in [0.5, 0.6) is 0 Å². The van der Waals surface area contributed by atoms with Crippen LogP contribution in [0, 0.1) is 11.8 Å². The first-order valence-electron chi connectivity index (χ1n) is 7.52. The fraction of sp³-hybridized carbons (Fsp3) is 1.00. The van der Waals surface area contributed by atoms with Gasteiger partial charge in [-0.05, 0) is 50.5 Å². The molecule has 0 bridgehead atoms. The van der Waals surface area contributed by atoms with Gasteiger partial charge in [-0.15, -0.1) is 0 Å². The van der Waals surface area contributed by atoms with Crippen LogP contribution in [-0.2, 0) is 0 Å². The summed E-state index contributed by atoms with van der Waals surface area (Å²) in [6, 6.07) is 0. The average molecular weight is 223 g/mol. The number of nitrogens with one attached hydrogen (secondary N) is 1. The standard InChI is InChI=1S/C15H29N/c1-3-13(2)12-14-8-4-5-9-15(14)10-6-7-11-16-15/h13-14,16H,3-12H2,1-2H3. The number of rotatable bonds is 3. The summed E-state index contributed by atoms with van der Waals surface area (Å²) in [5, 5.41) is 3.91. The van der Waals surface area contributed by atoms with Gasteiger partial charge in [0.1, 0.15) is 0 Å². The van der Waals surface area contributed by atoms with Crippen LogP contribution in [0.2, 0.25) is 0 Å². The van der Waals surface area contributed by atoms with Gasteiger partial charge in [0.25, 0.3) is 0 Å². The molecule has 3 atom stereocenters. The second-order valence-corrected chi connectivity index (χ2v) is 6.23. The fourth-order valence-electron chi connectivity index (χ4n) is 3.86. The zero-order valence-corrected chi connectivity index (χ0v) is 11.2. The van der Waals surface area contributed by atoms with Gasteiger partial charge in [0.15, 0.2) is 0 Å². The van der Waals surface area contributed by atoms with Crippen LogP contribution in [0.25, 0.3) is 0 Å². The van der Waals surface area contributed by atoms with Gasteiger partial charge in [-0.2, -0.15) is 0 Å². The normalized spacial score (nSPS) is 37.5. The molecular formula is C15H29N. The highest BCUT2D eigenvalue weighted by molar-refractivity contribution is 4.99. The van der Waals surface area contributed by atoms with Crippen LogP contribution in [0.3, 0.4) is 0 Å². The quantitative estimate of drug-likeness (QED) is 0.758. The smallest absolute Gasteiger partial charge is 0.0209 e. The lowest BCUT2D eigenvalue weighted by Crippen LogP contribution is -2.55. The monoisotopic (exact) mass is 223 g/mol. The van der Waals surface area contributed by atoms with Crippen molar-refractivity contribution in [2.75, 3.05) is 6.54 Å². The topological polar surface area (TPSA) is 12.0 Å². The van der Waals surface area contributed by atoms with E-state index in [2.05, 4.69) is 19.2 Å². The van der Waals surface area contributed by atoms with E-state index in [1.165, 1.54) is 64.3 Å². The molecule has 0 aromatic carbocycles. The average Bonchev–Trinajstić information content (AvgIpc) is 2.33. The van der Waals surface area contributed by atoms with E-state index in [0.717, 1.165) is 11.8 Å². The Kier molecular flexibility index (Phi) is 4.29. The van der Waals surface area contributed by atoms with Gasteiger partial charge >= 0.3 is 0 Å². The van der Waals surface area contributed by atoms with Gasteiger partial charge in [-0.3, -0.25) is 0 Å². The third kappa shape index (κ3) is 2.61. The van der Waals surface area contributed by atoms with Crippen molar-refractivity contribution in [2.45, 2.75) is 77.2 Å². The molecule has 2 aliphatic rings. The molecule has 0 radical (unpaired) electrons. The van der Waals surface area contributed by atoms with Gasteiger partial charge in [-0.1, -0.05) is 39.5 Å². The fourth-order valence-corrected chi connectivity index (χ4v) is 3.86. The van der Waals surface area contributed by atoms with Gasteiger partial charge < -0.3 is 5.32 Å². The van der Waals surface area contributed by atoms with Gasteiger partial charge in [-0.25, -0.2) is 0 Å². The van der Waals surface area contributed by atoms with Crippen molar-refractivity contribution < 1.29 is 0 Å². The van der Waals surface area contributed by atoms with Gasteiger partial charge in [0.2, 0.25) is 0 Å². The molecule has 16 heavy (non-hydrogen) atoms. The highest BCUT2D eigenvalue weighted by Crippen LogP contribution is 2.42. The highest BCUT2D eigenvalue weighted by atomic mass is 15.0. The first-order valence-corrected chi connectivity index (χ1v) is 7.52. The van der Waals surface area contributed by atoms with E-state index in [0.29, 0.717) is 5.54 Å². The molecule has 2 fully saturated rings. The number of hydrogen-bond donors (Lipinski definition) is 1. The molecule has 1 spiro atoms. The van der Waals surface area contributed by atoms with Crippen molar-refractivity contribution in [3.05, 3.63) is 0 Å². The predicted octanol–water partition coefficient (Wildman–Crippen LogP) is 4.13. The lowest BCUT2D eigenvalue weighted by atomic mass is 9.66. The largest absolute Gasteiger partial charge is 0.311 e. The summed E-state index contributed by atoms with van der Waals surface area (Å²) in [4.78, 5) is 0. The molecule has 1 nitrogen and oxygen atoms in total. The molecule has 2 rings (SSSR count). The molecule has 94 valence electrons. The van der Waals surface area contributed by atoms with Crippen molar-refractivity contribution in [3.8, 4) is 0 Å². The maximum absolute atomic E-state index is 3.91. The second kappa shape index (κ2) is 5.53. The van der Waals surface area contributed by atoms with E-state index in [1.54, 1.807) is 0 Å². The minimum absolute atomic E-state index is 0.555. The summed E-state index contributed by atoms with van der Waals surface area (Å²) >= 11 is 0. The van der Waals surface area contributed by atoms with Crippen LogP contribution in [0.15, 0.2) is 0 Å². The maximum atomic E-state index is 3.91. The predicted molar refractivity (Wildman–Crippen MR) is 70.6 cm³/mol. The first-order chi connectivity index (χ1) is 7.77. The molecule has 1 aliphatic carbocycles. The Labute approximate surface area is 101 Å².